The average Bonchev–Trinajstić information content (AvgIpc) is 2.82. The van der Waals surface area contributed by atoms with Crippen molar-refractivity contribution in [2.24, 2.45) is 0 Å². The largest absolute Gasteiger partial charge is 0.496 e. The number of rotatable bonds is 3. The smallest absolute Gasteiger partial charge is 0.201 e. The third-order valence-electron chi connectivity index (χ3n) is 3.63. The van der Waals surface area contributed by atoms with Crippen LogP contribution in [-0.4, -0.2) is 17.9 Å². The van der Waals surface area contributed by atoms with Crippen LogP contribution in [-0.2, 0) is 0 Å². The lowest BCUT2D eigenvalue weighted by atomic mass is 9.98. The fourth-order valence-electron chi connectivity index (χ4n) is 2.66. The van der Waals surface area contributed by atoms with Crippen molar-refractivity contribution in [2.75, 3.05) is 12.8 Å². The number of hydrogen-bond donors (Lipinski definition) is 2. The zero-order chi connectivity index (χ0) is 15.0. The van der Waals surface area contributed by atoms with Crippen molar-refractivity contribution in [3.63, 3.8) is 0 Å². The minimum absolute atomic E-state index is 0.125. The number of ether oxygens (including phenoxy) is 1. The summed E-state index contributed by atoms with van der Waals surface area (Å²) < 4.78 is 5.29. The molecule has 0 saturated carbocycles. The first-order valence-electron chi connectivity index (χ1n) is 6.68. The number of aromatic nitrogens is 1. The SMILES string of the molecule is COc1cccc(N)c1C(=O)c1c(C)[nH]c2ccccc12. The number of hydrogen-bond acceptors (Lipinski definition) is 3. The van der Waals surface area contributed by atoms with Crippen molar-refractivity contribution in [2.45, 2.75) is 6.92 Å². The van der Waals surface area contributed by atoms with Gasteiger partial charge < -0.3 is 15.5 Å². The summed E-state index contributed by atoms with van der Waals surface area (Å²) in [5.74, 6) is 0.365. The Morgan fingerprint density at radius 1 is 1.10 bits per heavy atom. The quantitative estimate of drug-likeness (QED) is 0.571. The molecule has 4 heteroatoms. The Labute approximate surface area is 122 Å². The van der Waals surface area contributed by atoms with Gasteiger partial charge in [-0.05, 0) is 25.1 Å². The summed E-state index contributed by atoms with van der Waals surface area (Å²) in [6.45, 7) is 1.89. The van der Waals surface area contributed by atoms with Crippen LogP contribution in [0, 0.1) is 6.92 Å². The number of aryl methyl sites for hydroxylation is 1. The minimum atomic E-state index is -0.125. The number of benzene rings is 2. The molecule has 0 aliphatic carbocycles. The molecule has 3 aromatic rings. The predicted octanol–water partition coefficient (Wildman–Crippen LogP) is 3.30. The molecule has 2 aromatic carbocycles. The number of anilines is 1. The van der Waals surface area contributed by atoms with Crippen molar-refractivity contribution in [1.82, 2.24) is 4.98 Å². The molecule has 0 fully saturated rings. The second-order valence-corrected chi connectivity index (χ2v) is 4.92. The van der Waals surface area contributed by atoms with Gasteiger partial charge in [0.15, 0.2) is 0 Å². The normalized spacial score (nSPS) is 10.8. The highest BCUT2D eigenvalue weighted by Crippen LogP contribution is 2.31. The Balaban J connectivity index is 2.25. The first kappa shape index (κ1) is 13.2. The van der Waals surface area contributed by atoms with Gasteiger partial charge in [-0.15, -0.1) is 0 Å². The molecule has 0 aliphatic heterocycles. The van der Waals surface area contributed by atoms with Gasteiger partial charge in [-0.25, -0.2) is 0 Å². The first-order chi connectivity index (χ1) is 10.1. The molecule has 4 nitrogen and oxygen atoms in total. The molecule has 1 heterocycles. The summed E-state index contributed by atoms with van der Waals surface area (Å²) in [4.78, 5) is 16.2. The van der Waals surface area contributed by atoms with Gasteiger partial charge in [0.05, 0.1) is 18.2 Å². The monoisotopic (exact) mass is 280 g/mol. The molecule has 0 aliphatic rings. The summed E-state index contributed by atoms with van der Waals surface area (Å²) in [5, 5.41) is 0.894. The molecule has 0 saturated heterocycles. The number of carbonyl (C=O) groups is 1. The van der Waals surface area contributed by atoms with Crippen LogP contribution in [0.4, 0.5) is 5.69 Å². The lowest BCUT2D eigenvalue weighted by Gasteiger charge is -2.10. The van der Waals surface area contributed by atoms with Crippen LogP contribution in [0.15, 0.2) is 42.5 Å². The van der Waals surface area contributed by atoms with Crippen LogP contribution in [0.3, 0.4) is 0 Å². The van der Waals surface area contributed by atoms with E-state index in [9.17, 15) is 4.79 Å². The Hall–Kier alpha value is -2.75. The van der Waals surface area contributed by atoms with Crippen LogP contribution in [0.1, 0.15) is 21.6 Å². The molecule has 3 rings (SSSR count). The maximum atomic E-state index is 13.0. The molecular weight excluding hydrogens is 264 g/mol. The minimum Gasteiger partial charge on any atom is -0.496 e. The van der Waals surface area contributed by atoms with Gasteiger partial charge in [-0.2, -0.15) is 0 Å². The Kier molecular flexibility index (Phi) is 3.14. The van der Waals surface area contributed by atoms with Crippen molar-refractivity contribution in [1.29, 1.82) is 0 Å². The van der Waals surface area contributed by atoms with Crippen LogP contribution in [0.5, 0.6) is 5.75 Å². The van der Waals surface area contributed by atoms with Crippen LogP contribution >= 0.6 is 0 Å². The number of nitrogens with two attached hydrogens (primary N) is 1. The molecule has 0 bridgehead atoms. The lowest BCUT2D eigenvalue weighted by Crippen LogP contribution is -2.08. The van der Waals surface area contributed by atoms with E-state index in [-0.39, 0.29) is 5.78 Å². The van der Waals surface area contributed by atoms with E-state index in [1.807, 2.05) is 31.2 Å². The molecule has 3 N–H and O–H groups in total. The van der Waals surface area contributed by atoms with Gasteiger partial charge in [0.25, 0.3) is 0 Å². The summed E-state index contributed by atoms with van der Waals surface area (Å²) in [5.41, 5.74) is 9.22. The number of ketones is 1. The zero-order valence-electron chi connectivity index (χ0n) is 11.9. The first-order valence-corrected chi connectivity index (χ1v) is 6.68. The topological polar surface area (TPSA) is 68.1 Å². The molecule has 0 amide bonds. The Bertz CT molecular complexity index is 834. The molecule has 0 unspecified atom stereocenters. The second kappa shape index (κ2) is 4.98. The lowest BCUT2D eigenvalue weighted by molar-refractivity contribution is 0.103. The van der Waals surface area contributed by atoms with E-state index in [1.165, 1.54) is 7.11 Å². The van der Waals surface area contributed by atoms with E-state index in [0.717, 1.165) is 16.6 Å². The number of H-pyrrole nitrogens is 1. The van der Waals surface area contributed by atoms with Gasteiger partial charge in [0.2, 0.25) is 5.78 Å². The Morgan fingerprint density at radius 3 is 2.62 bits per heavy atom. The fraction of sp³-hybridized carbons (Fsp3) is 0.118. The summed E-state index contributed by atoms with van der Waals surface area (Å²) >= 11 is 0. The van der Waals surface area contributed by atoms with Crippen molar-refractivity contribution in [3.05, 3.63) is 59.3 Å². The van der Waals surface area contributed by atoms with Gasteiger partial charge in [-0.3, -0.25) is 4.79 Å². The number of fused-ring (bicyclic) bond motifs is 1. The van der Waals surface area contributed by atoms with E-state index >= 15 is 0 Å². The van der Waals surface area contributed by atoms with Crippen molar-refractivity contribution >= 4 is 22.4 Å². The third kappa shape index (κ3) is 2.05. The van der Waals surface area contributed by atoms with Crippen LogP contribution < -0.4 is 10.5 Å². The highest BCUT2D eigenvalue weighted by atomic mass is 16.5. The van der Waals surface area contributed by atoms with Crippen LogP contribution in [0.25, 0.3) is 10.9 Å². The van der Waals surface area contributed by atoms with E-state index in [2.05, 4.69) is 4.98 Å². The highest BCUT2D eigenvalue weighted by Gasteiger charge is 2.22. The summed E-state index contributed by atoms with van der Waals surface area (Å²) in [6.07, 6.45) is 0. The number of methoxy groups -OCH3 is 1. The van der Waals surface area contributed by atoms with Gasteiger partial charge in [0.1, 0.15) is 5.75 Å². The number of nitrogen functional groups attached to an aromatic ring is 1. The average molecular weight is 280 g/mol. The Morgan fingerprint density at radius 2 is 1.86 bits per heavy atom. The molecule has 21 heavy (non-hydrogen) atoms. The number of nitrogens with one attached hydrogen (secondary N) is 1. The standard InChI is InChI=1S/C17H16N2O2/c1-10-15(11-6-3-4-8-13(11)19-10)17(20)16-12(18)7-5-9-14(16)21-2/h3-9,19H,18H2,1-2H3. The van der Waals surface area contributed by atoms with Gasteiger partial charge >= 0.3 is 0 Å². The van der Waals surface area contributed by atoms with E-state index < -0.39 is 0 Å². The van der Waals surface area contributed by atoms with E-state index in [4.69, 9.17) is 10.5 Å². The maximum absolute atomic E-state index is 13.0. The van der Waals surface area contributed by atoms with Crippen molar-refractivity contribution in [3.8, 4) is 5.75 Å². The predicted molar refractivity (Wildman–Crippen MR) is 83.9 cm³/mol. The van der Waals surface area contributed by atoms with Crippen LogP contribution in [0.2, 0.25) is 0 Å². The summed E-state index contributed by atoms with van der Waals surface area (Å²) in [6, 6.07) is 12.9. The highest BCUT2D eigenvalue weighted by molar-refractivity contribution is 6.20. The van der Waals surface area contributed by atoms with Crippen molar-refractivity contribution < 1.29 is 9.53 Å². The second-order valence-electron chi connectivity index (χ2n) is 4.92. The molecule has 0 radical (unpaired) electrons. The zero-order valence-corrected chi connectivity index (χ0v) is 11.9. The number of para-hydroxylation sites is 1. The molecule has 0 atom stereocenters. The maximum Gasteiger partial charge on any atom is 0.201 e. The number of aromatic amines is 1. The van der Waals surface area contributed by atoms with Gasteiger partial charge in [0, 0.05) is 22.3 Å². The van der Waals surface area contributed by atoms with Gasteiger partial charge in [-0.1, -0.05) is 24.3 Å². The molecule has 1 aromatic heterocycles. The third-order valence-corrected chi connectivity index (χ3v) is 3.63. The van der Waals surface area contributed by atoms with E-state index in [1.54, 1.807) is 18.2 Å². The molecule has 106 valence electrons. The number of carbonyl (C=O) groups excluding carboxylic acids is 1. The molecule has 0 spiro atoms. The van der Waals surface area contributed by atoms with E-state index in [0.29, 0.717) is 22.6 Å². The molecular formula is C17H16N2O2. The fourth-order valence-corrected chi connectivity index (χ4v) is 2.66. The summed E-state index contributed by atoms with van der Waals surface area (Å²) in [7, 11) is 1.54.